The molecule has 1 atom stereocenters. The van der Waals surface area contributed by atoms with Crippen molar-refractivity contribution >= 4 is 20.0 Å². The second kappa shape index (κ2) is 6.80. The summed E-state index contributed by atoms with van der Waals surface area (Å²) in [7, 11) is -7.19. The first-order valence-electron chi connectivity index (χ1n) is 6.91. The van der Waals surface area contributed by atoms with Crippen LogP contribution in [0.2, 0.25) is 0 Å². The molecule has 0 saturated carbocycles. The molecule has 1 saturated heterocycles. The minimum absolute atomic E-state index is 0.0730. The number of hydrogen-bond acceptors (Lipinski definition) is 5. The lowest BCUT2D eigenvalue weighted by atomic mass is 10.1. The van der Waals surface area contributed by atoms with E-state index in [1.165, 1.54) is 28.6 Å². The van der Waals surface area contributed by atoms with E-state index in [0.29, 0.717) is 13.0 Å². The second-order valence-corrected chi connectivity index (χ2v) is 8.87. The molecule has 0 aromatic heterocycles. The molecule has 1 aliphatic rings. The van der Waals surface area contributed by atoms with Gasteiger partial charge in [0, 0.05) is 25.0 Å². The highest BCUT2D eigenvalue weighted by Crippen LogP contribution is 2.24. The van der Waals surface area contributed by atoms with Crippen molar-refractivity contribution in [2.45, 2.75) is 11.3 Å². The van der Waals surface area contributed by atoms with Gasteiger partial charge in [-0.15, -0.1) is 0 Å². The van der Waals surface area contributed by atoms with E-state index in [0.717, 1.165) is 5.41 Å². The second-order valence-electron chi connectivity index (χ2n) is 5.22. The fourth-order valence-electron chi connectivity index (χ4n) is 2.35. The highest BCUT2D eigenvalue weighted by molar-refractivity contribution is 7.92. The molecule has 0 unspecified atom stereocenters. The molecule has 0 spiro atoms. The summed E-state index contributed by atoms with van der Waals surface area (Å²) in [5.41, 5.74) is 0.278. The molecule has 23 heavy (non-hydrogen) atoms. The fraction of sp³-hybridized carbons (Fsp3) is 0.357. The van der Waals surface area contributed by atoms with E-state index in [9.17, 15) is 16.8 Å². The SMILES string of the molecule is C=CS(=O)(=O)NC[C@H]1CCN(S(=O)(=O)c2cccc(C#N)c2)C1. The predicted octanol–water partition coefficient (Wildman–Crippen LogP) is 0.632. The quantitative estimate of drug-likeness (QED) is 0.805. The van der Waals surface area contributed by atoms with Crippen molar-refractivity contribution < 1.29 is 16.8 Å². The first kappa shape index (κ1) is 17.6. The van der Waals surface area contributed by atoms with Gasteiger partial charge < -0.3 is 0 Å². The zero-order chi connectivity index (χ0) is 17.1. The van der Waals surface area contributed by atoms with Gasteiger partial charge in [-0.1, -0.05) is 12.6 Å². The van der Waals surface area contributed by atoms with Gasteiger partial charge in [0.25, 0.3) is 0 Å². The largest absolute Gasteiger partial charge is 0.243 e. The molecule has 1 aliphatic heterocycles. The molecule has 1 aromatic carbocycles. The van der Waals surface area contributed by atoms with Crippen LogP contribution in [0.4, 0.5) is 0 Å². The maximum Gasteiger partial charge on any atom is 0.243 e. The van der Waals surface area contributed by atoms with Gasteiger partial charge in [0.15, 0.2) is 0 Å². The molecule has 0 radical (unpaired) electrons. The lowest BCUT2D eigenvalue weighted by Crippen LogP contribution is -2.32. The Morgan fingerprint density at radius 2 is 2.13 bits per heavy atom. The molecule has 7 nitrogen and oxygen atoms in total. The minimum atomic E-state index is -3.68. The highest BCUT2D eigenvalue weighted by atomic mass is 32.2. The smallest absolute Gasteiger partial charge is 0.211 e. The van der Waals surface area contributed by atoms with Gasteiger partial charge in [-0.3, -0.25) is 0 Å². The topological polar surface area (TPSA) is 107 Å². The van der Waals surface area contributed by atoms with Crippen LogP contribution in [-0.2, 0) is 20.0 Å². The number of hydrogen-bond donors (Lipinski definition) is 1. The summed E-state index contributed by atoms with van der Waals surface area (Å²) in [5, 5.41) is 9.70. The molecule has 124 valence electrons. The Morgan fingerprint density at radius 3 is 2.78 bits per heavy atom. The Kier molecular flexibility index (Phi) is 5.21. The molecule has 1 N–H and O–H groups in total. The maximum absolute atomic E-state index is 12.6. The van der Waals surface area contributed by atoms with Crippen LogP contribution in [0.1, 0.15) is 12.0 Å². The third-order valence-electron chi connectivity index (χ3n) is 3.64. The average molecular weight is 355 g/mol. The van der Waals surface area contributed by atoms with Gasteiger partial charge in [-0.05, 0) is 30.5 Å². The normalized spacial score (nSPS) is 19.3. The fourth-order valence-corrected chi connectivity index (χ4v) is 4.51. The predicted molar refractivity (Wildman–Crippen MR) is 85.1 cm³/mol. The summed E-state index contributed by atoms with van der Waals surface area (Å²) in [5.74, 6) is -0.0985. The zero-order valence-electron chi connectivity index (χ0n) is 12.3. The van der Waals surface area contributed by atoms with Crippen LogP contribution in [0.25, 0.3) is 0 Å². The Bertz CT molecular complexity index is 841. The summed E-state index contributed by atoms with van der Waals surface area (Å²) in [6, 6.07) is 7.76. The number of rotatable bonds is 6. The lowest BCUT2D eigenvalue weighted by molar-refractivity contribution is 0.455. The minimum Gasteiger partial charge on any atom is -0.211 e. The Morgan fingerprint density at radius 1 is 1.39 bits per heavy atom. The van der Waals surface area contributed by atoms with Crippen molar-refractivity contribution in [1.29, 1.82) is 5.26 Å². The van der Waals surface area contributed by atoms with Crippen LogP contribution in [0.5, 0.6) is 0 Å². The molecular weight excluding hydrogens is 338 g/mol. The van der Waals surface area contributed by atoms with Gasteiger partial charge in [-0.2, -0.15) is 9.57 Å². The first-order valence-corrected chi connectivity index (χ1v) is 9.89. The third-order valence-corrected chi connectivity index (χ3v) is 6.51. The van der Waals surface area contributed by atoms with Crippen molar-refractivity contribution in [1.82, 2.24) is 9.03 Å². The van der Waals surface area contributed by atoms with E-state index in [1.54, 1.807) is 0 Å². The molecule has 9 heteroatoms. The van der Waals surface area contributed by atoms with Crippen molar-refractivity contribution in [3.8, 4) is 6.07 Å². The van der Waals surface area contributed by atoms with Crippen molar-refractivity contribution in [3.05, 3.63) is 41.8 Å². The van der Waals surface area contributed by atoms with Crippen LogP contribution < -0.4 is 4.72 Å². The zero-order valence-corrected chi connectivity index (χ0v) is 14.0. The summed E-state index contributed by atoms with van der Waals surface area (Å²) >= 11 is 0. The third kappa shape index (κ3) is 4.17. The van der Waals surface area contributed by atoms with Crippen molar-refractivity contribution in [3.63, 3.8) is 0 Å². The summed E-state index contributed by atoms with van der Waals surface area (Å²) < 4.78 is 51.5. The van der Waals surface area contributed by atoms with Crippen molar-refractivity contribution in [2.75, 3.05) is 19.6 Å². The lowest BCUT2D eigenvalue weighted by Gasteiger charge is -2.17. The van der Waals surface area contributed by atoms with Crippen LogP contribution in [0, 0.1) is 17.2 Å². The molecule has 2 rings (SSSR count). The molecule has 0 aliphatic carbocycles. The van der Waals surface area contributed by atoms with Crippen LogP contribution in [-0.4, -0.2) is 40.8 Å². The Balaban J connectivity index is 2.08. The van der Waals surface area contributed by atoms with E-state index in [4.69, 9.17) is 5.26 Å². The van der Waals surface area contributed by atoms with E-state index in [-0.39, 0.29) is 29.5 Å². The monoisotopic (exact) mass is 355 g/mol. The molecule has 1 heterocycles. The van der Waals surface area contributed by atoms with Crippen LogP contribution in [0.15, 0.2) is 41.1 Å². The van der Waals surface area contributed by atoms with Crippen molar-refractivity contribution in [2.24, 2.45) is 5.92 Å². The van der Waals surface area contributed by atoms with Gasteiger partial charge in [0.2, 0.25) is 20.0 Å². The number of sulfonamides is 2. The van der Waals surface area contributed by atoms with E-state index >= 15 is 0 Å². The summed E-state index contributed by atoms with van der Waals surface area (Å²) in [6.07, 6.45) is 0.566. The average Bonchev–Trinajstić information content (AvgIpc) is 3.03. The van der Waals surface area contributed by atoms with E-state index in [2.05, 4.69) is 11.3 Å². The molecule has 1 aromatic rings. The van der Waals surface area contributed by atoms with Gasteiger partial charge in [-0.25, -0.2) is 21.6 Å². The summed E-state index contributed by atoms with van der Waals surface area (Å²) in [4.78, 5) is 0.0730. The molecule has 0 bridgehead atoms. The number of nitrogens with one attached hydrogen (secondary N) is 1. The number of nitrogens with zero attached hydrogens (tertiary/aromatic N) is 2. The molecule has 1 fully saturated rings. The molecule has 0 amide bonds. The first-order chi connectivity index (χ1) is 10.8. The van der Waals surface area contributed by atoms with Gasteiger partial charge in [0.1, 0.15) is 0 Å². The highest BCUT2D eigenvalue weighted by Gasteiger charge is 2.32. The van der Waals surface area contributed by atoms with Crippen LogP contribution in [0.3, 0.4) is 0 Å². The maximum atomic E-state index is 12.6. The van der Waals surface area contributed by atoms with E-state index in [1.807, 2.05) is 6.07 Å². The Hall–Kier alpha value is -1.73. The number of benzene rings is 1. The number of nitriles is 1. The van der Waals surface area contributed by atoms with E-state index < -0.39 is 20.0 Å². The molecular formula is C14H17N3O4S2. The Labute approximate surface area is 136 Å². The standard InChI is InChI=1S/C14H17N3O4S2/c1-2-22(18,19)16-10-13-6-7-17(11-13)23(20,21)14-5-3-4-12(8-14)9-15/h2-5,8,13,16H,1,6-7,10-11H2/t13-/m1/s1. The van der Waals surface area contributed by atoms with Crippen LogP contribution >= 0.6 is 0 Å². The van der Waals surface area contributed by atoms with Gasteiger partial charge >= 0.3 is 0 Å². The van der Waals surface area contributed by atoms with Gasteiger partial charge in [0.05, 0.1) is 16.5 Å². The summed E-state index contributed by atoms with van der Waals surface area (Å²) in [6.45, 7) is 3.92.